The number of phenols is 2. The Labute approximate surface area is 113 Å². The van der Waals surface area contributed by atoms with Crippen molar-refractivity contribution < 1.29 is 14.9 Å². The van der Waals surface area contributed by atoms with Crippen LogP contribution < -0.4 is 4.74 Å². The summed E-state index contributed by atoms with van der Waals surface area (Å²) >= 11 is 0. The zero-order valence-corrected chi connectivity index (χ0v) is 10.9. The zero-order valence-electron chi connectivity index (χ0n) is 10.9. The number of nitrogens with zero attached hydrogens (tertiary/aromatic N) is 3. The number of methoxy groups -OCH3 is 1. The third-order valence-corrected chi connectivity index (χ3v) is 3.01. The highest BCUT2D eigenvalue weighted by Crippen LogP contribution is 2.39. The highest BCUT2D eigenvalue weighted by Gasteiger charge is 2.14. The van der Waals surface area contributed by atoms with Crippen LogP contribution in [0.3, 0.4) is 0 Å². The quantitative estimate of drug-likeness (QED) is 0.614. The molecule has 0 saturated heterocycles. The molecular weight excluding hydrogens is 260 g/mol. The van der Waals surface area contributed by atoms with E-state index in [1.807, 2.05) is 6.92 Å². The lowest BCUT2D eigenvalue weighted by atomic mass is 10.1. The Morgan fingerprint density at radius 1 is 1.20 bits per heavy atom. The molecule has 0 fully saturated rings. The fraction of sp³-hybridized carbons (Fsp3) is 0.154. The SMILES string of the molecule is COc1cc(-c2nc3c(C)ncnc3[nH]2)cc(O)c1O. The molecule has 0 atom stereocenters. The summed E-state index contributed by atoms with van der Waals surface area (Å²) in [6, 6.07) is 2.98. The number of fused-ring (bicyclic) bond motifs is 1. The minimum absolute atomic E-state index is 0.170. The summed E-state index contributed by atoms with van der Waals surface area (Å²) in [4.78, 5) is 15.6. The Balaban J connectivity index is 2.20. The highest BCUT2D eigenvalue weighted by atomic mass is 16.5. The largest absolute Gasteiger partial charge is 0.504 e. The number of aromatic nitrogens is 4. The van der Waals surface area contributed by atoms with Crippen LogP contribution in [0.25, 0.3) is 22.6 Å². The number of imidazole rings is 1. The van der Waals surface area contributed by atoms with Crippen molar-refractivity contribution in [2.75, 3.05) is 7.11 Å². The Bertz CT molecular complexity index is 798. The minimum atomic E-state index is -0.302. The first-order valence-corrected chi connectivity index (χ1v) is 5.88. The number of aryl methyl sites for hydroxylation is 1. The van der Waals surface area contributed by atoms with Crippen molar-refractivity contribution >= 4 is 11.2 Å². The molecule has 0 unspecified atom stereocenters. The van der Waals surface area contributed by atoms with Crippen molar-refractivity contribution in [3.05, 3.63) is 24.2 Å². The Kier molecular flexibility index (Phi) is 2.67. The van der Waals surface area contributed by atoms with Crippen molar-refractivity contribution in [1.29, 1.82) is 0 Å². The summed E-state index contributed by atoms with van der Waals surface area (Å²) < 4.78 is 5.01. The average molecular weight is 272 g/mol. The Hall–Kier alpha value is -2.83. The van der Waals surface area contributed by atoms with E-state index in [2.05, 4.69) is 19.9 Å². The molecule has 0 amide bonds. The van der Waals surface area contributed by atoms with E-state index in [-0.39, 0.29) is 17.2 Å². The molecule has 7 heteroatoms. The van der Waals surface area contributed by atoms with Crippen LogP contribution in [0.15, 0.2) is 18.5 Å². The molecule has 1 aromatic carbocycles. The van der Waals surface area contributed by atoms with Crippen molar-refractivity contribution in [3.8, 4) is 28.6 Å². The van der Waals surface area contributed by atoms with Gasteiger partial charge in [0.15, 0.2) is 17.1 Å². The maximum atomic E-state index is 9.70. The van der Waals surface area contributed by atoms with Crippen molar-refractivity contribution in [1.82, 2.24) is 19.9 Å². The van der Waals surface area contributed by atoms with Gasteiger partial charge in [0.2, 0.25) is 5.75 Å². The van der Waals surface area contributed by atoms with Crippen LogP contribution in [0.5, 0.6) is 17.2 Å². The molecule has 0 aliphatic heterocycles. The standard InChI is InChI=1S/C13H12N4O3/c1-6-10-13(15-5-14-6)17-12(16-10)7-3-8(18)11(19)9(4-7)20-2/h3-5,18-19H,1-2H3,(H,14,15,16,17). The van der Waals surface area contributed by atoms with Crippen LogP contribution in [0.2, 0.25) is 0 Å². The summed E-state index contributed by atoms with van der Waals surface area (Å²) in [5.74, 6) is 0.103. The number of H-pyrrole nitrogens is 1. The molecule has 3 rings (SSSR count). The maximum Gasteiger partial charge on any atom is 0.200 e. The summed E-state index contributed by atoms with van der Waals surface area (Å²) in [7, 11) is 1.41. The van der Waals surface area contributed by atoms with E-state index in [4.69, 9.17) is 4.74 Å². The van der Waals surface area contributed by atoms with Crippen LogP contribution in [0, 0.1) is 6.92 Å². The molecule has 7 nitrogen and oxygen atoms in total. The van der Waals surface area contributed by atoms with Gasteiger partial charge < -0.3 is 19.9 Å². The maximum absolute atomic E-state index is 9.70. The fourth-order valence-electron chi connectivity index (χ4n) is 1.97. The molecule has 0 spiro atoms. The number of hydrogen-bond donors (Lipinski definition) is 3. The van der Waals surface area contributed by atoms with E-state index in [1.165, 1.54) is 19.5 Å². The van der Waals surface area contributed by atoms with Gasteiger partial charge in [-0.2, -0.15) is 0 Å². The Morgan fingerprint density at radius 2 is 2.00 bits per heavy atom. The lowest BCUT2D eigenvalue weighted by Gasteiger charge is -2.07. The topological polar surface area (TPSA) is 104 Å². The third kappa shape index (κ3) is 1.80. The van der Waals surface area contributed by atoms with E-state index in [1.54, 1.807) is 6.07 Å². The summed E-state index contributed by atoms with van der Waals surface area (Å²) in [5, 5.41) is 19.3. The van der Waals surface area contributed by atoms with Gasteiger partial charge in [-0.1, -0.05) is 0 Å². The van der Waals surface area contributed by atoms with Crippen molar-refractivity contribution in [3.63, 3.8) is 0 Å². The van der Waals surface area contributed by atoms with Crippen molar-refractivity contribution in [2.45, 2.75) is 6.92 Å². The van der Waals surface area contributed by atoms with Crippen LogP contribution in [-0.4, -0.2) is 37.3 Å². The van der Waals surface area contributed by atoms with Gasteiger partial charge in [-0.05, 0) is 19.1 Å². The first kappa shape index (κ1) is 12.2. The smallest absolute Gasteiger partial charge is 0.200 e. The lowest BCUT2D eigenvalue weighted by Crippen LogP contribution is -1.87. The molecule has 102 valence electrons. The van der Waals surface area contributed by atoms with E-state index in [0.717, 1.165) is 5.69 Å². The van der Waals surface area contributed by atoms with Gasteiger partial charge in [0, 0.05) is 5.56 Å². The number of hydrogen-bond acceptors (Lipinski definition) is 6. The van der Waals surface area contributed by atoms with Gasteiger partial charge in [0.05, 0.1) is 12.8 Å². The second kappa shape index (κ2) is 4.37. The molecule has 0 bridgehead atoms. The van der Waals surface area contributed by atoms with Crippen LogP contribution >= 0.6 is 0 Å². The van der Waals surface area contributed by atoms with Crippen LogP contribution in [0.4, 0.5) is 0 Å². The van der Waals surface area contributed by atoms with E-state index < -0.39 is 0 Å². The zero-order chi connectivity index (χ0) is 14.3. The molecule has 0 aliphatic rings. The number of ether oxygens (including phenoxy) is 1. The minimum Gasteiger partial charge on any atom is -0.504 e. The Morgan fingerprint density at radius 3 is 2.70 bits per heavy atom. The van der Waals surface area contributed by atoms with Crippen LogP contribution in [0.1, 0.15) is 5.69 Å². The van der Waals surface area contributed by atoms with Gasteiger partial charge in [0.1, 0.15) is 17.7 Å². The molecule has 20 heavy (non-hydrogen) atoms. The number of rotatable bonds is 2. The summed E-state index contributed by atoms with van der Waals surface area (Å²) in [5.41, 5.74) is 2.61. The van der Waals surface area contributed by atoms with Gasteiger partial charge in [-0.15, -0.1) is 0 Å². The number of phenolic OH excluding ortho intramolecular Hbond substituents is 2. The number of nitrogens with one attached hydrogen (secondary N) is 1. The van der Waals surface area contributed by atoms with Gasteiger partial charge in [-0.3, -0.25) is 0 Å². The van der Waals surface area contributed by atoms with Gasteiger partial charge >= 0.3 is 0 Å². The normalized spacial score (nSPS) is 10.9. The predicted molar refractivity (Wildman–Crippen MR) is 71.7 cm³/mol. The first-order chi connectivity index (χ1) is 9.60. The molecule has 3 N–H and O–H groups in total. The van der Waals surface area contributed by atoms with E-state index in [0.29, 0.717) is 22.6 Å². The molecule has 3 aromatic rings. The van der Waals surface area contributed by atoms with E-state index in [9.17, 15) is 10.2 Å². The fourth-order valence-corrected chi connectivity index (χ4v) is 1.97. The second-order valence-corrected chi connectivity index (χ2v) is 4.29. The predicted octanol–water partition coefficient (Wildman–Crippen LogP) is 1.75. The monoisotopic (exact) mass is 272 g/mol. The molecule has 2 heterocycles. The molecule has 2 aromatic heterocycles. The van der Waals surface area contributed by atoms with Gasteiger partial charge in [0.25, 0.3) is 0 Å². The summed E-state index contributed by atoms with van der Waals surface area (Å²) in [6.07, 6.45) is 1.45. The van der Waals surface area contributed by atoms with Crippen LogP contribution in [-0.2, 0) is 0 Å². The molecular formula is C13H12N4O3. The number of benzene rings is 1. The first-order valence-electron chi connectivity index (χ1n) is 5.88. The average Bonchev–Trinajstić information content (AvgIpc) is 2.87. The van der Waals surface area contributed by atoms with Gasteiger partial charge in [-0.25, -0.2) is 15.0 Å². The molecule has 0 aliphatic carbocycles. The summed E-state index contributed by atoms with van der Waals surface area (Å²) in [6.45, 7) is 1.84. The highest BCUT2D eigenvalue weighted by molar-refractivity contribution is 5.78. The van der Waals surface area contributed by atoms with E-state index >= 15 is 0 Å². The van der Waals surface area contributed by atoms with Crippen molar-refractivity contribution in [2.24, 2.45) is 0 Å². The lowest BCUT2D eigenvalue weighted by molar-refractivity contribution is 0.351. The number of aromatic hydroxyl groups is 2. The second-order valence-electron chi connectivity index (χ2n) is 4.29. The molecule has 0 radical (unpaired) electrons. The third-order valence-electron chi connectivity index (χ3n) is 3.01. The molecule has 0 saturated carbocycles. The number of aromatic amines is 1.